The van der Waals surface area contributed by atoms with E-state index in [2.05, 4.69) is 31.6 Å². The smallest absolute Gasteiger partial charge is 0.191 e. The van der Waals surface area contributed by atoms with Crippen LogP contribution in [0.3, 0.4) is 0 Å². The summed E-state index contributed by atoms with van der Waals surface area (Å²) in [6, 6.07) is 11.4. The number of nitrogens with one attached hydrogen (secondary N) is 2. The van der Waals surface area contributed by atoms with Crippen molar-refractivity contribution >= 4 is 45.9 Å². The molecule has 0 radical (unpaired) electrons. The minimum absolute atomic E-state index is 0. The molecule has 3 nitrogen and oxygen atoms in total. The van der Waals surface area contributed by atoms with E-state index in [1.54, 1.807) is 37.4 Å². The average molecular weight is 496 g/mol. The van der Waals surface area contributed by atoms with Crippen LogP contribution in [0.1, 0.15) is 11.1 Å². The Balaban J connectivity index is 0.00000264. The Labute approximate surface area is 159 Å². The van der Waals surface area contributed by atoms with E-state index in [1.165, 1.54) is 12.1 Å². The van der Waals surface area contributed by atoms with Gasteiger partial charge in [-0.2, -0.15) is 0 Å². The molecule has 0 amide bonds. The summed E-state index contributed by atoms with van der Waals surface area (Å²) in [5, 5.41) is 5.99. The molecule has 0 aliphatic heterocycles. The summed E-state index contributed by atoms with van der Waals surface area (Å²) in [6.07, 6.45) is 0. The van der Waals surface area contributed by atoms with Gasteiger partial charge in [0.05, 0.1) is 0 Å². The number of halogens is 4. The largest absolute Gasteiger partial charge is 0.352 e. The molecular formula is C16H17BrF2IN3. The van der Waals surface area contributed by atoms with Gasteiger partial charge in [0.15, 0.2) is 5.96 Å². The molecule has 0 bridgehead atoms. The molecule has 0 fully saturated rings. The summed E-state index contributed by atoms with van der Waals surface area (Å²) < 4.78 is 28.0. The Morgan fingerprint density at radius 2 is 1.61 bits per heavy atom. The first-order valence-corrected chi connectivity index (χ1v) is 7.51. The van der Waals surface area contributed by atoms with Gasteiger partial charge in [0, 0.05) is 35.7 Å². The molecule has 124 valence electrons. The van der Waals surface area contributed by atoms with Crippen LogP contribution in [0.15, 0.2) is 51.9 Å². The number of aliphatic imine (C=N–C) groups is 1. The second-order valence-corrected chi connectivity index (χ2v) is 5.52. The summed E-state index contributed by atoms with van der Waals surface area (Å²) >= 11 is 3.22. The van der Waals surface area contributed by atoms with Crippen molar-refractivity contribution in [3.05, 3.63) is 69.7 Å². The fourth-order valence-electron chi connectivity index (χ4n) is 1.89. The van der Waals surface area contributed by atoms with Gasteiger partial charge in [0.25, 0.3) is 0 Å². The monoisotopic (exact) mass is 495 g/mol. The molecule has 0 spiro atoms. The van der Waals surface area contributed by atoms with E-state index in [4.69, 9.17) is 0 Å². The van der Waals surface area contributed by atoms with E-state index < -0.39 is 0 Å². The number of guanidine groups is 1. The number of hydrogen-bond donors (Lipinski definition) is 2. The van der Waals surface area contributed by atoms with Gasteiger partial charge in [-0.25, -0.2) is 8.78 Å². The van der Waals surface area contributed by atoms with Crippen molar-refractivity contribution in [2.24, 2.45) is 4.99 Å². The van der Waals surface area contributed by atoms with Crippen LogP contribution >= 0.6 is 39.9 Å². The zero-order valence-corrected chi connectivity index (χ0v) is 16.4. The maximum absolute atomic E-state index is 13.7. The van der Waals surface area contributed by atoms with E-state index in [9.17, 15) is 8.78 Å². The van der Waals surface area contributed by atoms with Crippen LogP contribution in [-0.2, 0) is 13.1 Å². The maximum atomic E-state index is 13.7. The van der Waals surface area contributed by atoms with Gasteiger partial charge >= 0.3 is 0 Å². The summed E-state index contributed by atoms with van der Waals surface area (Å²) in [5.74, 6) is -0.0959. The molecule has 0 saturated carbocycles. The molecular weight excluding hydrogens is 479 g/mol. The third-order valence-corrected chi connectivity index (χ3v) is 3.58. The lowest BCUT2D eigenvalue weighted by molar-refractivity contribution is 0.600. The van der Waals surface area contributed by atoms with Crippen LogP contribution < -0.4 is 10.6 Å². The quantitative estimate of drug-likeness (QED) is 0.378. The zero-order valence-electron chi connectivity index (χ0n) is 12.4. The third-order valence-electron chi connectivity index (χ3n) is 3.09. The predicted octanol–water partition coefficient (Wildman–Crippen LogP) is 4.21. The van der Waals surface area contributed by atoms with E-state index in [-0.39, 0.29) is 42.2 Å². The predicted molar refractivity (Wildman–Crippen MR) is 103 cm³/mol. The number of rotatable bonds is 4. The Bertz CT molecular complexity index is 680. The van der Waals surface area contributed by atoms with Crippen LogP contribution in [0, 0.1) is 11.6 Å². The summed E-state index contributed by atoms with van der Waals surface area (Å²) in [4.78, 5) is 4.04. The Morgan fingerprint density at radius 3 is 2.17 bits per heavy atom. The van der Waals surface area contributed by atoms with E-state index >= 15 is 0 Å². The number of hydrogen-bond acceptors (Lipinski definition) is 1. The molecule has 2 aromatic rings. The van der Waals surface area contributed by atoms with Crippen molar-refractivity contribution in [1.29, 1.82) is 0 Å². The van der Waals surface area contributed by atoms with Crippen molar-refractivity contribution in [2.45, 2.75) is 13.1 Å². The molecule has 23 heavy (non-hydrogen) atoms. The SMILES string of the molecule is CN=C(NCc1ccccc1F)NCc1ccc(Br)cc1F.I. The first-order chi connectivity index (χ1) is 10.6. The van der Waals surface area contributed by atoms with E-state index in [1.807, 2.05) is 0 Å². The van der Waals surface area contributed by atoms with Crippen molar-refractivity contribution in [3.8, 4) is 0 Å². The number of benzene rings is 2. The summed E-state index contributed by atoms with van der Waals surface area (Å²) in [7, 11) is 1.61. The Kier molecular flexibility index (Phi) is 8.46. The Morgan fingerprint density at radius 1 is 1.00 bits per heavy atom. The van der Waals surface area contributed by atoms with Crippen LogP contribution in [0.2, 0.25) is 0 Å². The molecule has 0 unspecified atom stereocenters. The molecule has 2 rings (SSSR count). The van der Waals surface area contributed by atoms with Crippen LogP contribution in [0.25, 0.3) is 0 Å². The minimum atomic E-state index is -0.300. The van der Waals surface area contributed by atoms with Gasteiger partial charge in [-0.05, 0) is 18.2 Å². The van der Waals surface area contributed by atoms with Gasteiger partial charge in [0.2, 0.25) is 0 Å². The first kappa shape index (κ1) is 19.8. The van der Waals surface area contributed by atoms with E-state index in [0.29, 0.717) is 28.1 Å². The minimum Gasteiger partial charge on any atom is -0.352 e. The molecule has 0 aliphatic carbocycles. The highest BCUT2D eigenvalue weighted by Gasteiger charge is 2.05. The van der Waals surface area contributed by atoms with Gasteiger partial charge in [-0.15, -0.1) is 24.0 Å². The summed E-state index contributed by atoms with van der Waals surface area (Å²) in [6.45, 7) is 0.589. The molecule has 0 aliphatic rings. The second-order valence-electron chi connectivity index (χ2n) is 4.61. The zero-order chi connectivity index (χ0) is 15.9. The summed E-state index contributed by atoms with van der Waals surface area (Å²) in [5.41, 5.74) is 1.07. The van der Waals surface area contributed by atoms with Crippen LogP contribution in [-0.4, -0.2) is 13.0 Å². The highest BCUT2D eigenvalue weighted by atomic mass is 127. The molecule has 0 heterocycles. The van der Waals surface area contributed by atoms with E-state index in [0.717, 1.165) is 0 Å². The fraction of sp³-hybridized carbons (Fsp3) is 0.188. The number of nitrogens with zero attached hydrogens (tertiary/aromatic N) is 1. The van der Waals surface area contributed by atoms with Gasteiger partial charge < -0.3 is 10.6 Å². The van der Waals surface area contributed by atoms with Crippen LogP contribution in [0.5, 0.6) is 0 Å². The maximum Gasteiger partial charge on any atom is 0.191 e. The first-order valence-electron chi connectivity index (χ1n) is 6.72. The van der Waals surface area contributed by atoms with Crippen molar-refractivity contribution in [3.63, 3.8) is 0 Å². The van der Waals surface area contributed by atoms with Crippen molar-refractivity contribution in [2.75, 3.05) is 7.05 Å². The molecule has 2 aromatic carbocycles. The van der Waals surface area contributed by atoms with Crippen LogP contribution in [0.4, 0.5) is 8.78 Å². The lowest BCUT2D eigenvalue weighted by Gasteiger charge is -2.13. The highest BCUT2D eigenvalue weighted by molar-refractivity contribution is 14.0. The second kappa shape index (κ2) is 9.82. The van der Waals surface area contributed by atoms with Gasteiger partial charge in [-0.1, -0.05) is 40.2 Å². The van der Waals surface area contributed by atoms with Gasteiger partial charge in [-0.3, -0.25) is 4.99 Å². The fourth-order valence-corrected chi connectivity index (χ4v) is 2.22. The molecule has 0 saturated heterocycles. The molecule has 0 aromatic heterocycles. The van der Waals surface area contributed by atoms with Gasteiger partial charge in [0.1, 0.15) is 11.6 Å². The lowest BCUT2D eigenvalue weighted by Crippen LogP contribution is -2.36. The highest BCUT2D eigenvalue weighted by Crippen LogP contribution is 2.15. The molecule has 0 atom stereocenters. The Hall–Kier alpha value is -1.22. The van der Waals surface area contributed by atoms with Crippen molar-refractivity contribution < 1.29 is 8.78 Å². The average Bonchev–Trinajstić information content (AvgIpc) is 2.50. The molecule has 7 heteroatoms. The topological polar surface area (TPSA) is 36.4 Å². The van der Waals surface area contributed by atoms with Crippen molar-refractivity contribution in [1.82, 2.24) is 10.6 Å². The standard InChI is InChI=1S/C16H16BrF2N3.HI/c1-20-16(21-9-11-4-2-3-5-14(11)18)22-10-12-6-7-13(17)8-15(12)19;/h2-8H,9-10H2,1H3,(H2,20,21,22);1H. The molecule has 2 N–H and O–H groups in total. The normalized spacial score (nSPS) is 10.9. The third kappa shape index (κ3) is 6.06. The lowest BCUT2D eigenvalue weighted by atomic mass is 10.2.